The predicted octanol–water partition coefficient (Wildman–Crippen LogP) is 1.92. The highest BCUT2D eigenvalue weighted by Gasteiger charge is 2.21. The molecule has 1 aromatic rings. The molecule has 0 aliphatic heterocycles. The maximum absolute atomic E-state index is 11.9. The number of nitro benzene ring substituents is 1. The zero-order valence-corrected chi connectivity index (χ0v) is 11.8. The molecular formula is C13H19N3O4. The molecule has 0 fully saturated rings. The molecule has 0 aliphatic rings. The fourth-order valence-corrected chi connectivity index (χ4v) is 1.65. The first kappa shape index (κ1) is 15.9. The van der Waals surface area contributed by atoms with E-state index in [0.717, 1.165) is 6.42 Å². The molecule has 1 aromatic carbocycles. The fraction of sp³-hybridized carbons (Fsp3) is 0.462. The minimum Gasteiger partial charge on any atom is -0.490 e. The van der Waals surface area contributed by atoms with E-state index in [2.05, 4.69) is 5.32 Å². The number of hydrogen-bond donors (Lipinski definition) is 2. The highest BCUT2D eigenvalue weighted by atomic mass is 16.6. The topological polar surface area (TPSA) is 107 Å². The molecule has 110 valence electrons. The number of benzene rings is 1. The number of nitrogens with zero attached hydrogens (tertiary/aromatic N) is 1. The summed E-state index contributed by atoms with van der Waals surface area (Å²) >= 11 is 0. The van der Waals surface area contributed by atoms with E-state index in [1.807, 2.05) is 13.8 Å². The van der Waals surface area contributed by atoms with Crippen molar-refractivity contribution in [2.75, 3.05) is 12.4 Å². The Morgan fingerprint density at radius 3 is 2.70 bits per heavy atom. The molecule has 1 amide bonds. The van der Waals surface area contributed by atoms with E-state index in [1.165, 1.54) is 25.3 Å². The number of nitro groups is 1. The smallest absolute Gasteiger partial charge is 0.312 e. The lowest BCUT2D eigenvalue weighted by molar-refractivity contribution is -0.385. The van der Waals surface area contributed by atoms with E-state index in [9.17, 15) is 14.9 Å². The van der Waals surface area contributed by atoms with E-state index >= 15 is 0 Å². The van der Waals surface area contributed by atoms with Crippen molar-refractivity contribution in [2.24, 2.45) is 11.7 Å². The van der Waals surface area contributed by atoms with Crippen LogP contribution in [0.4, 0.5) is 11.4 Å². The van der Waals surface area contributed by atoms with E-state index in [-0.39, 0.29) is 23.3 Å². The van der Waals surface area contributed by atoms with Crippen LogP contribution in [0.3, 0.4) is 0 Å². The SMILES string of the molecule is CC[C@H](C)[C@H](N)C(=O)Nc1ccc(OC)c([N+](=O)[O-])c1. The van der Waals surface area contributed by atoms with Gasteiger partial charge in [-0.05, 0) is 18.1 Å². The third-order valence-corrected chi connectivity index (χ3v) is 3.20. The minimum atomic E-state index is -0.652. The van der Waals surface area contributed by atoms with Gasteiger partial charge in [0.2, 0.25) is 5.91 Å². The Bertz CT molecular complexity index is 504. The lowest BCUT2D eigenvalue weighted by Crippen LogP contribution is -2.40. The van der Waals surface area contributed by atoms with Gasteiger partial charge in [0.15, 0.2) is 5.75 Å². The first-order chi connectivity index (χ1) is 9.40. The summed E-state index contributed by atoms with van der Waals surface area (Å²) in [4.78, 5) is 22.2. The zero-order valence-electron chi connectivity index (χ0n) is 11.8. The van der Waals surface area contributed by atoms with Gasteiger partial charge in [0.1, 0.15) is 0 Å². The number of methoxy groups -OCH3 is 1. The van der Waals surface area contributed by atoms with Gasteiger partial charge < -0.3 is 15.8 Å². The van der Waals surface area contributed by atoms with Crippen LogP contribution in [0.15, 0.2) is 18.2 Å². The largest absolute Gasteiger partial charge is 0.490 e. The summed E-state index contributed by atoms with van der Waals surface area (Å²) in [6.07, 6.45) is 0.775. The number of nitrogens with one attached hydrogen (secondary N) is 1. The van der Waals surface area contributed by atoms with E-state index < -0.39 is 11.0 Å². The molecule has 0 radical (unpaired) electrons. The van der Waals surface area contributed by atoms with Crippen molar-refractivity contribution >= 4 is 17.3 Å². The highest BCUT2D eigenvalue weighted by molar-refractivity contribution is 5.95. The second-order valence-corrected chi connectivity index (χ2v) is 4.54. The molecule has 0 aliphatic carbocycles. The van der Waals surface area contributed by atoms with Gasteiger partial charge in [-0.25, -0.2) is 0 Å². The molecule has 7 heteroatoms. The van der Waals surface area contributed by atoms with Gasteiger partial charge in [0.05, 0.1) is 18.1 Å². The molecular weight excluding hydrogens is 262 g/mol. The Morgan fingerprint density at radius 1 is 1.55 bits per heavy atom. The van der Waals surface area contributed by atoms with Crippen molar-refractivity contribution in [1.29, 1.82) is 0 Å². The molecule has 0 aromatic heterocycles. The molecule has 7 nitrogen and oxygen atoms in total. The number of ether oxygens (including phenoxy) is 1. The van der Waals surface area contributed by atoms with Crippen LogP contribution in [-0.4, -0.2) is 24.0 Å². The molecule has 1 rings (SSSR count). The zero-order chi connectivity index (χ0) is 15.3. The third kappa shape index (κ3) is 3.67. The van der Waals surface area contributed by atoms with Crippen molar-refractivity contribution < 1.29 is 14.5 Å². The summed E-state index contributed by atoms with van der Waals surface area (Å²) in [5, 5.41) is 13.5. The van der Waals surface area contributed by atoms with E-state index in [1.54, 1.807) is 0 Å². The van der Waals surface area contributed by atoms with E-state index in [0.29, 0.717) is 5.69 Å². The molecule has 0 bridgehead atoms. The molecule has 0 saturated heterocycles. The maximum Gasteiger partial charge on any atom is 0.312 e. The summed E-state index contributed by atoms with van der Waals surface area (Å²) in [7, 11) is 1.35. The van der Waals surface area contributed by atoms with E-state index in [4.69, 9.17) is 10.5 Å². The average Bonchev–Trinajstić information content (AvgIpc) is 2.45. The van der Waals surface area contributed by atoms with Gasteiger partial charge >= 0.3 is 5.69 Å². The molecule has 2 atom stereocenters. The van der Waals surface area contributed by atoms with Crippen LogP contribution in [0.1, 0.15) is 20.3 Å². The first-order valence-electron chi connectivity index (χ1n) is 6.29. The van der Waals surface area contributed by atoms with Crippen LogP contribution in [0.5, 0.6) is 5.75 Å². The number of rotatable bonds is 6. The Hall–Kier alpha value is -2.15. The van der Waals surface area contributed by atoms with Crippen molar-refractivity contribution in [2.45, 2.75) is 26.3 Å². The van der Waals surface area contributed by atoms with Crippen LogP contribution in [-0.2, 0) is 4.79 Å². The molecule has 20 heavy (non-hydrogen) atoms. The van der Waals surface area contributed by atoms with Gasteiger partial charge in [-0.15, -0.1) is 0 Å². The predicted molar refractivity (Wildman–Crippen MR) is 75.7 cm³/mol. The molecule has 3 N–H and O–H groups in total. The van der Waals surface area contributed by atoms with Gasteiger partial charge in [0.25, 0.3) is 0 Å². The monoisotopic (exact) mass is 281 g/mol. The van der Waals surface area contributed by atoms with Gasteiger partial charge in [-0.3, -0.25) is 14.9 Å². The minimum absolute atomic E-state index is 0.0308. The van der Waals surface area contributed by atoms with Crippen molar-refractivity contribution in [1.82, 2.24) is 0 Å². The van der Waals surface area contributed by atoms with Gasteiger partial charge in [-0.2, -0.15) is 0 Å². The summed E-state index contributed by atoms with van der Waals surface area (Å²) in [5.74, 6) is -0.193. The number of anilines is 1. The van der Waals surface area contributed by atoms with Gasteiger partial charge in [-0.1, -0.05) is 20.3 Å². The number of nitrogens with two attached hydrogens (primary N) is 1. The van der Waals surface area contributed by atoms with Crippen LogP contribution in [0.25, 0.3) is 0 Å². The second-order valence-electron chi connectivity index (χ2n) is 4.54. The Morgan fingerprint density at radius 2 is 2.20 bits per heavy atom. The maximum atomic E-state index is 11.9. The molecule has 0 spiro atoms. The summed E-state index contributed by atoms with van der Waals surface area (Å²) in [5.41, 5.74) is 5.92. The first-order valence-corrected chi connectivity index (χ1v) is 6.29. The quantitative estimate of drug-likeness (QED) is 0.611. The van der Waals surface area contributed by atoms with Crippen molar-refractivity contribution in [3.05, 3.63) is 28.3 Å². The molecule has 0 saturated carbocycles. The van der Waals surface area contributed by atoms with Crippen LogP contribution in [0, 0.1) is 16.0 Å². The number of carbonyl (C=O) groups excluding carboxylic acids is 1. The Kier molecular flexibility index (Phi) is 5.45. The number of hydrogen-bond acceptors (Lipinski definition) is 5. The van der Waals surface area contributed by atoms with Crippen LogP contribution >= 0.6 is 0 Å². The standard InChI is InChI=1S/C13H19N3O4/c1-4-8(2)12(14)13(17)15-9-5-6-11(20-3)10(7-9)16(18)19/h5-8,12H,4,14H2,1-3H3,(H,15,17)/t8-,12-/m0/s1. The van der Waals surface area contributed by atoms with Crippen molar-refractivity contribution in [3.8, 4) is 5.75 Å². The highest BCUT2D eigenvalue weighted by Crippen LogP contribution is 2.29. The third-order valence-electron chi connectivity index (χ3n) is 3.20. The van der Waals surface area contributed by atoms with Crippen LogP contribution in [0.2, 0.25) is 0 Å². The Labute approximate surface area is 117 Å². The fourth-order valence-electron chi connectivity index (χ4n) is 1.65. The normalized spacial score (nSPS) is 13.4. The van der Waals surface area contributed by atoms with Gasteiger partial charge in [0, 0.05) is 11.8 Å². The number of amides is 1. The summed E-state index contributed by atoms with van der Waals surface area (Å²) in [6.45, 7) is 3.82. The second kappa shape index (κ2) is 6.85. The lowest BCUT2D eigenvalue weighted by atomic mass is 9.99. The number of carbonyl (C=O) groups is 1. The Balaban J connectivity index is 2.91. The van der Waals surface area contributed by atoms with Crippen LogP contribution < -0.4 is 15.8 Å². The molecule has 0 unspecified atom stereocenters. The average molecular weight is 281 g/mol. The summed E-state index contributed by atoms with van der Waals surface area (Å²) < 4.78 is 4.89. The summed E-state index contributed by atoms with van der Waals surface area (Å²) in [6, 6.07) is 3.57. The lowest BCUT2D eigenvalue weighted by Gasteiger charge is -2.17. The van der Waals surface area contributed by atoms with Crippen molar-refractivity contribution in [3.63, 3.8) is 0 Å². The molecule has 0 heterocycles.